The monoisotopic (exact) mass is 339 g/mol. The SMILES string of the molecule is CB(O)c1ccccc1CNCc1c2ccccc2cc2ccccc12. The van der Waals surface area contributed by atoms with Gasteiger partial charge >= 0.3 is 6.92 Å². The Morgan fingerprint density at radius 2 is 1.35 bits per heavy atom. The summed E-state index contributed by atoms with van der Waals surface area (Å²) >= 11 is 0. The van der Waals surface area contributed by atoms with E-state index in [4.69, 9.17) is 0 Å². The lowest BCUT2D eigenvalue weighted by Gasteiger charge is -2.14. The lowest BCUT2D eigenvalue weighted by molar-refractivity contribution is 0.592. The number of hydrogen-bond acceptors (Lipinski definition) is 2. The Morgan fingerprint density at radius 1 is 0.769 bits per heavy atom. The second-order valence-electron chi connectivity index (χ2n) is 6.78. The van der Waals surface area contributed by atoms with Crippen molar-refractivity contribution in [1.29, 1.82) is 0 Å². The van der Waals surface area contributed by atoms with Crippen molar-refractivity contribution in [2.45, 2.75) is 19.9 Å². The van der Waals surface area contributed by atoms with Crippen molar-refractivity contribution in [2.24, 2.45) is 0 Å². The van der Waals surface area contributed by atoms with E-state index in [1.54, 1.807) is 0 Å². The Balaban J connectivity index is 1.67. The summed E-state index contributed by atoms with van der Waals surface area (Å²) in [6.07, 6.45) is 0. The first-order valence-corrected chi connectivity index (χ1v) is 9.10. The highest BCUT2D eigenvalue weighted by molar-refractivity contribution is 6.65. The fourth-order valence-corrected chi connectivity index (χ4v) is 3.72. The molecule has 0 heterocycles. The normalized spacial score (nSPS) is 11.2. The van der Waals surface area contributed by atoms with Crippen LogP contribution in [0.4, 0.5) is 0 Å². The quantitative estimate of drug-likeness (QED) is 0.424. The Hall–Kier alpha value is -2.62. The minimum Gasteiger partial charge on any atom is -0.446 e. The summed E-state index contributed by atoms with van der Waals surface area (Å²) in [6, 6.07) is 27.5. The first-order chi connectivity index (χ1) is 12.7. The Morgan fingerprint density at radius 3 is 2.00 bits per heavy atom. The van der Waals surface area contributed by atoms with Crippen LogP contribution in [0.3, 0.4) is 0 Å². The maximum atomic E-state index is 9.98. The summed E-state index contributed by atoms with van der Waals surface area (Å²) < 4.78 is 0. The van der Waals surface area contributed by atoms with Crippen molar-refractivity contribution in [2.75, 3.05) is 0 Å². The third-order valence-electron chi connectivity index (χ3n) is 5.01. The van der Waals surface area contributed by atoms with Gasteiger partial charge in [-0.25, -0.2) is 0 Å². The lowest BCUT2D eigenvalue weighted by Crippen LogP contribution is -2.31. The Labute approximate surface area is 154 Å². The van der Waals surface area contributed by atoms with Gasteiger partial charge in [0.25, 0.3) is 0 Å². The average Bonchev–Trinajstić information content (AvgIpc) is 2.67. The van der Waals surface area contributed by atoms with Gasteiger partial charge in [0.1, 0.15) is 0 Å². The molecule has 2 N–H and O–H groups in total. The van der Waals surface area contributed by atoms with Gasteiger partial charge in [0.2, 0.25) is 0 Å². The zero-order chi connectivity index (χ0) is 17.9. The van der Waals surface area contributed by atoms with Crippen molar-refractivity contribution in [3.63, 3.8) is 0 Å². The molecule has 0 aliphatic rings. The molecule has 0 fully saturated rings. The zero-order valence-corrected chi connectivity index (χ0v) is 14.9. The third kappa shape index (κ3) is 3.24. The van der Waals surface area contributed by atoms with Crippen LogP contribution in [0.2, 0.25) is 6.82 Å². The van der Waals surface area contributed by atoms with Gasteiger partial charge < -0.3 is 10.3 Å². The maximum absolute atomic E-state index is 9.98. The first-order valence-electron chi connectivity index (χ1n) is 9.10. The Bertz CT molecular complexity index is 1000. The van der Waals surface area contributed by atoms with Gasteiger partial charge in [0, 0.05) is 13.1 Å². The molecule has 128 valence electrons. The highest BCUT2D eigenvalue weighted by Crippen LogP contribution is 2.28. The summed E-state index contributed by atoms with van der Waals surface area (Å²) in [6.45, 7) is 2.89. The van der Waals surface area contributed by atoms with E-state index in [1.807, 2.05) is 25.0 Å². The van der Waals surface area contributed by atoms with Gasteiger partial charge in [0.05, 0.1) is 0 Å². The van der Waals surface area contributed by atoms with E-state index in [0.29, 0.717) is 0 Å². The molecule has 0 spiro atoms. The van der Waals surface area contributed by atoms with Gasteiger partial charge in [-0.2, -0.15) is 0 Å². The van der Waals surface area contributed by atoms with Crippen LogP contribution in [0.5, 0.6) is 0 Å². The van der Waals surface area contributed by atoms with Crippen molar-refractivity contribution in [3.8, 4) is 0 Å². The molecular weight excluding hydrogens is 317 g/mol. The summed E-state index contributed by atoms with van der Waals surface area (Å²) in [5, 5.41) is 18.7. The molecule has 4 rings (SSSR count). The first kappa shape index (κ1) is 16.8. The zero-order valence-electron chi connectivity index (χ0n) is 14.9. The van der Waals surface area contributed by atoms with E-state index in [-0.39, 0.29) is 0 Å². The van der Waals surface area contributed by atoms with Gasteiger partial charge in [-0.1, -0.05) is 79.6 Å². The van der Waals surface area contributed by atoms with Crippen molar-refractivity contribution in [3.05, 3.63) is 90.0 Å². The van der Waals surface area contributed by atoms with Crippen LogP contribution in [0.15, 0.2) is 78.9 Å². The molecule has 0 aromatic heterocycles. The highest BCUT2D eigenvalue weighted by atomic mass is 16.2. The molecule has 0 saturated heterocycles. The maximum Gasteiger partial charge on any atom is 0.320 e. The molecule has 3 heteroatoms. The molecule has 26 heavy (non-hydrogen) atoms. The standard InChI is InChI=1S/C23H22BNO/c1-24(26)23-13-7-4-10-19(23)15-25-16-22-20-11-5-2-8-17(20)14-18-9-3-6-12-21(18)22/h2-14,25-26H,15-16H2,1H3. The molecule has 0 saturated carbocycles. The number of hydrogen-bond donors (Lipinski definition) is 2. The van der Waals surface area contributed by atoms with E-state index in [2.05, 4.69) is 66.0 Å². The molecule has 0 radical (unpaired) electrons. The third-order valence-corrected chi connectivity index (χ3v) is 5.01. The topological polar surface area (TPSA) is 32.3 Å². The molecule has 0 unspecified atom stereocenters. The summed E-state index contributed by atoms with van der Waals surface area (Å²) in [5.74, 6) is 0. The molecule has 4 aromatic carbocycles. The molecular formula is C23H22BNO. The lowest BCUT2D eigenvalue weighted by atomic mass is 9.62. The minimum absolute atomic E-state index is 0.452. The summed E-state index contributed by atoms with van der Waals surface area (Å²) in [4.78, 5) is 0. The molecule has 0 amide bonds. The molecule has 0 bridgehead atoms. The van der Waals surface area contributed by atoms with Crippen LogP contribution in [-0.2, 0) is 13.1 Å². The van der Waals surface area contributed by atoms with Gasteiger partial charge in [-0.15, -0.1) is 0 Å². The smallest absolute Gasteiger partial charge is 0.320 e. The number of nitrogens with one attached hydrogen (secondary N) is 1. The van der Waals surface area contributed by atoms with E-state index >= 15 is 0 Å². The van der Waals surface area contributed by atoms with Crippen LogP contribution in [-0.4, -0.2) is 11.9 Å². The van der Waals surface area contributed by atoms with Crippen molar-refractivity contribution < 1.29 is 5.02 Å². The van der Waals surface area contributed by atoms with Crippen LogP contribution < -0.4 is 10.8 Å². The highest BCUT2D eigenvalue weighted by Gasteiger charge is 2.12. The van der Waals surface area contributed by atoms with Crippen LogP contribution in [0, 0.1) is 0 Å². The second kappa shape index (κ2) is 7.32. The molecule has 0 aliphatic carbocycles. The number of rotatable bonds is 5. The second-order valence-corrected chi connectivity index (χ2v) is 6.78. The fourth-order valence-electron chi connectivity index (χ4n) is 3.72. The minimum atomic E-state index is -0.452. The molecule has 2 nitrogen and oxygen atoms in total. The van der Waals surface area contributed by atoms with E-state index in [0.717, 1.165) is 24.1 Å². The summed E-state index contributed by atoms with van der Waals surface area (Å²) in [5.41, 5.74) is 3.46. The van der Waals surface area contributed by atoms with Gasteiger partial charge in [-0.05, 0) is 44.2 Å². The molecule has 0 atom stereocenters. The fraction of sp³-hybridized carbons (Fsp3) is 0.130. The molecule has 0 aliphatic heterocycles. The van der Waals surface area contributed by atoms with Crippen LogP contribution >= 0.6 is 0 Å². The van der Waals surface area contributed by atoms with E-state index in [1.165, 1.54) is 27.1 Å². The number of benzene rings is 4. The largest absolute Gasteiger partial charge is 0.446 e. The Kier molecular flexibility index (Phi) is 4.74. The van der Waals surface area contributed by atoms with E-state index < -0.39 is 6.92 Å². The van der Waals surface area contributed by atoms with Gasteiger partial charge in [0.15, 0.2) is 0 Å². The van der Waals surface area contributed by atoms with E-state index in [9.17, 15) is 5.02 Å². The summed E-state index contributed by atoms with van der Waals surface area (Å²) in [7, 11) is 0. The average molecular weight is 339 g/mol. The van der Waals surface area contributed by atoms with Gasteiger partial charge in [-0.3, -0.25) is 0 Å². The van der Waals surface area contributed by atoms with Crippen molar-refractivity contribution >= 4 is 33.9 Å². The van der Waals surface area contributed by atoms with Crippen molar-refractivity contribution in [1.82, 2.24) is 5.32 Å². The predicted octanol–water partition coefficient (Wildman–Crippen LogP) is 4.10. The number of fused-ring (bicyclic) bond motifs is 2. The molecule has 4 aromatic rings. The predicted molar refractivity (Wildman–Crippen MR) is 112 cm³/mol. The van der Waals surface area contributed by atoms with Crippen LogP contribution in [0.25, 0.3) is 21.5 Å². The van der Waals surface area contributed by atoms with Crippen LogP contribution in [0.1, 0.15) is 11.1 Å².